The van der Waals surface area contributed by atoms with E-state index < -0.39 is 81.0 Å². The summed E-state index contributed by atoms with van der Waals surface area (Å²) in [6, 6.07) is 2.15. The van der Waals surface area contributed by atoms with Gasteiger partial charge in [0.25, 0.3) is 0 Å². The van der Waals surface area contributed by atoms with Crippen LogP contribution in [0.25, 0.3) is 0 Å². The van der Waals surface area contributed by atoms with Crippen LogP contribution in [0, 0.1) is 34.9 Å². The van der Waals surface area contributed by atoms with Crippen LogP contribution in [0.3, 0.4) is 0 Å². The fraction of sp³-hybridized carbons (Fsp3) is 0.0526. The number of halogens is 9. The third-order valence-corrected chi connectivity index (χ3v) is 3.94. The average Bonchev–Trinajstić information content (AvgIpc) is 2.67. The number of ether oxygens (including phenoxy) is 2. The number of benzene rings is 3. The van der Waals surface area contributed by atoms with Gasteiger partial charge in [0.05, 0.1) is 11.4 Å². The van der Waals surface area contributed by atoms with Crippen LogP contribution in [-0.4, -0.2) is 0 Å². The van der Waals surface area contributed by atoms with E-state index in [0.717, 1.165) is 0 Å². The van der Waals surface area contributed by atoms with Crippen molar-refractivity contribution in [2.75, 3.05) is 11.5 Å². The van der Waals surface area contributed by atoms with E-state index >= 15 is 0 Å². The molecule has 0 radical (unpaired) electrons. The Balaban J connectivity index is 2.14. The number of nitrogen functional groups attached to an aromatic ring is 2. The van der Waals surface area contributed by atoms with Gasteiger partial charge in [0.15, 0.2) is 34.8 Å². The molecule has 0 unspecified atom stereocenters. The van der Waals surface area contributed by atoms with Gasteiger partial charge in [-0.25, -0.2) is 22.0 Å². The van der Waals surface area contributed by atoms with E-state index in [-0.39, 0.29) is 6.07 Å². The van der Waals surface area contributed by atoms with Crippen LogP contribution in [0.4, 0.5) is 50.9 Å². The van der Waals surface area contributed by atoms with Crippen LogP contribution >= 0.6 is 0 Å². The van der Waals surface area contributed by atoms with Gasteiger partial charge in [0, 0.05) is 30.3 Å². The summed E-state index contributed by atoms with van der Waals surface area (Å²) in [5.41, 5.74) is 6.48. The molecule has 0 aliphatic carbocycles. The molecule has 0 aliphatic heterocycles. The minimum Gasteiger partial charge on any atom is -0.456 e. The van der Waals surface area contributed by atoms with Crippen molar-refractivity contribution >= 4 is 11.4 Å². The largest absolute Gasteiger partial charge is 0.456 e. The zero-order valence-electron chi connectivity index (χ0n) is 15.3. The summed E-state index contributed by atoms with van der Waals surface area (Å²) in [6.07, 6.45) is -5.50. The molecule has 4 N–H and O–H groups in total. The molecule has 32 heavy (non-hydrogen) atoms. The summed E-state index contributed by atoms with van der Waals surface area (Å²) in [4.78, 5) is 0. The quantitative estimate of drug-likeness (QED) is 0.349. The molecule has 0 saturated carbocycles. The Hall–Kier alpha value is -3.77. The zero-order valence-corrected chi connectivity index (χ0v) is 15.3. The molecule has 0 fully saturated rings. The van der Waals surface area contributed by atoms with Crippen LogP contribution in [0.5, 0.6) is 23.0 Å². The van der Waals surface area contributed by atoms with Gasteiger partial charge >= 0.3 is 6.18 Å². The number of hydrogen-bond acceptors (Lipinski definition) is 4. The summed E-state index contributed by atoms with van der Waals surface area (Å²) in [5.74, 6) is -14.9. The average molecular weight is 468 g/mol. The summed E-state index contributed by atoms with van der Waals surface area (Å²) in [7, 11) is 0. The molecule has 0 saturated heterocycles. The molecule has 4 nitrogen and oxygen atoms in total. The van der Waals surface area contributed by atoms with Crippen molar-refractivity contribution in [1.82, 2.24) is 0 Å². The Labute approximate surface area is 172 Å². The summed E-state index contributed by atoms with van der Waals surface area (Å²) in [5, 5.41) is 0. The molecule has 13 heteroatoms. The standard InChI is InChI=1S/C19H9F9N2O2/c20-8-1-6(3-10(29)15(8)22)31-12-5-13(17(24)18(25)14(12)19(26,27)28)32-7-2-9(21)16(23)11(30)4-7/h1-5H,29-30H2. The van der Waals surface area contributed by atoms with Crippen LogP contribution in [0.15, 0.2) is 30.3 Å². The summed E-state index contributed by atoms with van der Waals surface area (Å²) < 4.78 is 132. The van der Waals surface area contributed by atoms with Crippen LogP contribution in [0.1, 0.15) is 5.56 Å². The van der Waals surface area contributed by atoms with Gasteiger partial charge in [-0.2, -0.15) is 17.6 Å². The van der Waals surface area contributed by atoms with Crippen LogP contribution in [0.2, 0.25) is 0 Å². The Morgan fingerprint density at radius 1 is 0.562 bits per heavy atom. The maximum Gasteiger partial charge on any atom is 0.422 e. The number of hydrogen-bond donors (Lipinski definition) is 2. The van der Waals surface area contributed by atoms with E-state index in [1.807, 2.05) is 0 Å². The van der Waals surface area contributed by atoms with Gasteiger partial charge in [-0.05, 0) is 0 Å². The van der Waals surface area contributed by atoms with E-state index in [2.05, 4.69) is 0 Å². The molecular weight excluding hydrogens is 459 g/mol. The Kier molecular flexibility index (Phi) is 5.76. The van der Waals surface area contributed by atoms with E-state index in [0.29, 0.717) is 24.3 Å². The first-order valence-electron chi connectivity index (χ1n) is 8.23. The predicted molar refractivity (Wildman–Crippen MR) is 93.0 cm³/mol. The van der Waals surface area contributed by atoms with Crippen molar-refractivity contribution in [3.05, 3.63) is 70.8 Å². The maximum absolute atomic E-state index is 14.3. The van der Waals surface area contributed by atoms with Crippen molar-refractivity contribution in [3.63, 3.8) is 0 Å². The normalized spacial score (nSPS) is 11.5. The first-order chi connectivity index (χ1) is 14.8. The highest BCUT2D eigenvalue weighted by Gasteiger charge is 2.41. The number of alkyl halides is 3. The molecule has 3 aromatic rings. The second-order valence-electron chi connectivity index (χ2n) is 6.19. The SMILES string of the molecule is Nc1cc(Oc2cc(Oc3cc(N)c(F)c(F)c3)c(C(F)(F)F)c(F)c2F)cc(F)c1F. The lowest BCUT2D eigenvalue weighted by Crippen LogP contribution is -2.13. The number of rotatable bonds is 4. The smallest absolute Gasteiger partial charge is 0.422 e. The second-order valence-corrected chi connectivity index (χ2v) is 6.19. The molecule has 0 heterocycles. The van der Waals surface area contributed by atoms with Crippen molar-refractivity contribution in [2.45, 2.75) is 6.18 Å². The molecule has 3 aromatic carbocycles. The van der Waals surface area contributed by atoms with Crippen molar-refractivity contribution < 1.29 is 49.0 Å². The fourth-order valence-electron chi connectivity index (χ4n) is 2.54. The zero-order chi connectivity index (χ0) is 24.0. The number of nitrogens with two attached hydrogens (primary N) is 2. The Morgan fingerprint density at radius 2 is 1.00 bits per heavy atom. The topological polar surface area (TPSA) is 70.5 Å². The molecular formula is C19H9F9N2O2. The van der Waals surface area contributed by atoms with Crippen molar-refractivity contribution in [1.29, 1.82) is 0 Å². The lowest BCUT2D eigenvalue weighted by molar-refractivity contribution is -0.141. The van der Waals surface area contributed by atoms with Gasteiger partial charge in [-0.3, -0.25) is 0 Å². The monoisotopic (exact) mass is 468 g/mol. The molecule has 0 aliphatic rings. The highest BCUT2D eigenvalue weighted by atomic mass is 19.4. The van der Waals surface area contributed by atoms with E-state index in [4.69, 9.17) is 20.9 Å². The van der Waals surface area contributed by atoms with Gasteiger partial charge < -0.3 is 20.9 Å². The first-order valence-corrected chi connectivity index (χ1v) is 8.23. The van der Waals surface area contributed by atoms with E-state index in [9.17, 15) is 39.5 Å². The molecule has 170 valence electrons. The fourth-order valence-corrected chi connectivity index (χ4v) is 2.54. The van der Waals surface area contributed by atoms with E-state index in [1.165, 1.54) is 0 Å². The van der Waals surface area contributed by atoms with E-state index in [1.54, 1.807) is 0 Å². The first kappa shape index (κ1) is 22.9. The highest BCUT2D eigenvalue weighted by Crippen LogP contribution is 2.45. The molecule has 3 rings (SSSR count). The third kappa shape index (κ3) is 4.31. The lowest BCUT2D eigenvalue weighted by atomic mass is 10.1. The van der Waals surface area contributed by atoms with Crippen LogP contribution < -0.4 is 20.9 Å². The predicted octanol–water partition coefficient (Wildman–Crippen LogP) is 6.29. The van der Waals surface area contributed by atoms with Gasteiger partial charge in [-0.1, -0.05) is 0 Å². The Morgan fingerprint density at radius 3 is 1.41 bits per heavy atom. The van der Waals surface area contributed by atoms with Crippen LogP contribution in [-0.2, 0) is 6.18 Å². The summed E-state index contributed by atoms with van der Waals surface area (Å²) >= 11 is 0. The van der Waals surface area contributed by atoms with Gasteiger partial charge in [0.2, 0.25) is 5.82 Å². The highest BCUT2D eigenvalue weighted by molar-refractivity contribution is 5.52. The molecule has 0 bridgehead atoms. The third-order valence-electron chi connectivity index (χ3n) is 3.94. The van der Waals surface area contributed by atoms with Gasteiger partial charge in [-0.15, -0.1) is 0 Å². The molecule has 0 amide bonds. The lowest BCUT2D eigenvalue weighted by Gasteiger charge is -2.18. The molecule has 0 aromatic heterocycles. The summed E-state index contributed by atoms with van der Waals surface area (Å²) in [6.45, 7) is 0. The minimum atomic E-state index is -5.50. The minimum absolute atomic E-state index is 0.218. The molecule has 0 atom stereocenters. The maximum atomic E-state index is 14.3. The van der Waals surface area contributed by atoms with Gasteiger partial charge in [0.1, 0.15) is 22.8 Å². The molecule has 0 spiro atoms. The number of anilines is 2. The Bertz CT molecular complexity index is 1170. The second kappa shape index (κ2) is 8.05. The van der Waals surface area contributed by atoms with Crippen molar-refractivity contribution in [3.8, 4) is 23.0 Å². The van der Waals surface area contributed by atoms with Crippen molar-refractivity contribution in [2.24, 2.45) is 0 Å².